The minimum atomic E-state index is -0.581. The quantitative estimate of drug-likeness (QED) is 0.854. The van der Waals surface area contributed by atoms with Gasteiger partial charge in [-0.3, -0.25) is 0 Å². The molecule has 0 heterocycles. The van der Waals surface area contributed by atoms with Gasteiger partial charge in [0.1, 0.15) is 5.82 Å². The van der Waals surface area contributed by atoms with Crippen LogP contribution in [0.15, 0.2) is 12.1 Å². The molecule has 3 nitrogen and oxygen atoms in total. The molecule has 0 spiro atoms. The molecule has 0 aliphatic heterocycles. The van der Waals surface area contributed by atoms with Crippen LogP contribution in [0, 0.1) is 11.6 Å². The Kier molecular flexibility index (Phi) is 3.47. The molecule has 17 heavy (non-hydrogen) atoms. The molecule has 0 radical (unpaired) electrons. The van der Waals surface area contributed by atoms with Crippen LogP contribution in [0.1, 0.15) is 19.3 Å². The summed E-state index contributed by atoms with van der Waals surface area (Å²) in [5.74, 6) is -1.20. The Morgan fingerprint density at radius 3 is 2.65 bits per heavy atom. The number of nitrogens with one attached hydrogen (secondary N) is 1. The number of hydrogen-bond acceptors (Lipinski definition) is 3. The largest absolute Gasteiger partial charge is 0.494 e. The Morgan fingerprint density at radius 2 is 2.06 bits per heavy atom. The number of rotatable bonds is 3. The maximum Gasteiger partial charge on any atom is 0.167 e. The van der Waals surface area contributed by atoms with E-state index in [0.717, 1.165) is 31.4 Å². The maximum atomic E-state index is 13.6. The fourth-order valence-electron chi connectivity index (χ4n) is 2.16. The van der Waals surface area contributed by atoms with Crippen LogP contribution in [0.4, 0.5) is 14.5 Å². The van der Waals surface area contributed by atoms with Gasteiger partial charge in [-0.2, -0.15) is 0 Å². The van der Waals surface area contributed by atoms with Gasteiger partial charge in [0.05, 0.1) is 12.8 Å². The summed E-state index contributed by atoms with van der Waals surface area (Å²) in [6.07, 6.45) is 2.81. The lowest BCUT2D eigenvalue weighted by Crippen LogP contribution is -2.35. The van der Waals surface area contributed by atoms with Crippen molar-refractivity contribution in [3.05, 3.63) is 23.8 Å². The van der Waals surface area contributed by atoms with Gasteiger partial charge >= 0.3 is 0 Å². The van der Waals surface area contributed by atoms with E-state index in [4.69, 9.17) is 10.5 Å². The van der Waals surface area contributed by atoms with Crippen LogP contribution in [0.25, 0.3) is 0 Å². The Hall–Kier alpha value is -1.36. The summed E-state index contributed by atoms with van der Waals surface area (Å²) < 4.78 is 31.8. The molecule has 1 fully saturated rings. The van der Waals surface area contributed by atoms with E-state index in [-0.39, 0.29) is 23.5 Å². The average Bonchev–Trinajstić information content (AvgIpc) is 2.69. The number of hydrogen-bond donors (Lipinski definition) is 2. The van der Waals surface area contributed by atoms with Crippen molar-refractivity contribution in [3.63, 3.8) is 0 Å². The van der Waals surface area contributed by atoms with E-state index in [1.807, 2.05) is 0 Å². The van der Waals surface area contributed by atoms with E-state index in [1.165, 1.54) is 7.11 Å². The van der Waals surface area contributed by atoms with Gasteiger partial charge in [0.2, 0.25) is 0 Å². The monoisotopic (exact) mass is 242 g/mol. The maximum absolute atomic E-state index is 13.6. The lowest BCUT2D eigenvalue weighted by Gasteiger charge is -2.19. The Bertz CT molecular complexity index is 412. The number of benzene rings is 1. The zero-order chi connectivity index (χ0) is 12.4. The normalized spacial score (nSPS) is 23.8. The second-order valence-corrected chi connectivity index (χ2v) is 4.31. The molecular formula is C12H16F2N2O. The van der Waals surface area contributed by atoms with Gasteiger partial charge in [-0.1, -0.05) is 0 Å². The van der Waals surface area contributed by atoms with Crippen LogP contribution in [0.5, 0.6) is 5.75 Å². The first-order chi connectivity index (χ1) is 8.11. The van der Waals surface area contributed by atoms with Crippen molar-refractivity contribution < 1.29 is 13.5 Å². The van der Waals surface area contributed by atoms with Crippen LogP contribution in [0.3, 0.4) is 0 Å². The first kappa shape index (κ1) is 12.1. The molecule has 2 unspecified atom stereocenters. The van der Waals surface area contributed by atoms with E-state index in [2.05, 4.69) is 5.32 Å². The molecular weight excluding hydrogens is 226 g/mol. The third-order valence-corrected chi connectivity index (χ3v) is 3.15. The SMILES string of the molecule is COc1cc(F)c(NC2CCCC2N)cc1F. The molecule has 0 amide bonds. The summed E-state index contributed by atoms with van der Waals surface area (Å²) in [6, 6.07) is 2.16. The highest BCUT2D eigenvalue weighted by Gasteiger charge is 2.24. The predicted octanol–water partition coefficient (Wildman–Crippen LogP) is 2.27. The molecule has 0 aromatic heterocycles. The molecule has 1 aromatic rings. The Labute approximate surface area is 98.9 Å². The molecule has 2 rings (SSSR count). The second-order valence-electron chi connectivity index (χ2n) is 4.31. The Balaban J connectivity index is 2.18. The van der Waals surface area contributed by atoms with Crippen LogP contribution < -0.4 is 15.8 Å². The van der Waals surface area contributed by atoms with Crippen molar-refractivity contribution in [1.29, 1.82) is 0 Å². The smallest absolute Gasteiger partial charge is 0.167 e. The highest BCUT2D eigenvalue weighted by atomic mass is 19.1. The van der Waals surface area contributed by atoms with Gasteiger partial charge in [0, 0.05) is 24.2 Å². The molecule has 1 aliphatic rings. The third kappa shape index (κ3) is 2.49. The number of halogens is 2. The summed E-state index contributed by atoms with van der Waals surface area (Å²) in [4.78, 5) is 0. The van der Waals surface area contributed by atoms with Gasteiger partial charge in [0.15, 0.2) is 11.6 Å². The van der Waals surface area contributed by atoms with Crippen LogP contribution >= 0.6 is 0 Å². The molecule has 5 heteroatoms. The van der Waals surface area contributed by atoms with Gasteiger partial charge in [-0.25, -0.2) is 8.78 Å². The average molecular weight is 242 g/mol. The molecule has 1 aliphatic carbocycles. The summed E-state index contributed by atoms with van der Waals surface area (Å²) in [5, 5.41) is 2.96. The van der Waals surface area contributed by atoms with Gasteiger partial charge in [-0.05, 0) is 19.3 Å². The van der Waals surface area contributed by atoms with Gasteiger partial charge < -0.3 is 15.8 Å². The lowest BCUT2D eigenvalue weighted by atomic mass is 10.1. The summed E-state index contributed by atoms with van der Waals surface area (Å²) in [7, 11) is 1.30. The fourth-order valence-corrected chi connectivity index (χ4v) is 2.16. The highest BCUT2D eigenvalue weighted by Crippen LogP contribution is 2.27. The zero-order valence-corrected chi connectivity index (χ0v) is 9.67. The lowest BCUT2D eigenvalue weighted by molar-refractivity contribution is 0.383. The second kappa shape index (κ2) is 4.87. The van der Waals surface area contributed by atoms with Crippen molar-refractivity contribution in [2.75, 3.05) is 12.4 Å². The zero-order valence-electron chi connectivity index (χ0n) is 9.67. The van der Waals surface area contributed by atoms with Crippen LogP contribution in [-0.4, -0.2) is 19.2 Å². The highest BCUT2D eigenvalue weighted by molar-refractivity contribution is 5.50. The van der Waals surface area contributed by atoms with Crippen LogP contribution in [0.2, 0.25) is 0 Å². The van der Waals surface area contributed by atoms with Gasteiger partial charge in [-0.15, -0.1) is 0 Å². The minimum absolute atomic E-state index is 0.000405. The number of methoxy groups -OCH3 is 1. The standard InChI is InChI=1S/C12H16F2N2O/c1-17-12-6-7(13)11(5-8(12)14)16-10-4-2-3-9(10)15/h5-6,9-10,16H,2-4,15H2,1H3. The van der Waals surface area contributed by atoms with Crippen LogP contribution in [-0.2, 0) is 0 Å². The van der Waals surface area contributed by atoms with E-state index in [1.54, 1.807) is 0 Å². The first-order valence-corrected chi connectivity index (χ1v) is 5.67. The molecule has 1 aromatic carbocycles. The molecule has 0 saturated heterocycles. The van der Waals surface area contributed by atoms with Crippen molar-refractivity contribution in [1.82, 2.24) is 0 Å². The van der Waals surface area contributed by atoms with Crippen molar-refractivity contribution in [2.45, 2.75) is 31.3 Å². The van der Waals surface area contributed by atoms with E-state index in [0.29, 0.717) is 0 Å². The summed E-state index contributed by atoms with van der Waals surface area (Å²) in [5.41, 5.74) is 6.01. The molecule has 1 saturated carbocycles. The Morgan fingerprint density at radius 1 is 1.29 bits per heavy atom. The molecule has 94 valence electrons. The van der Waals surface area contributed by atoms with Crippen molar-refractivity contribution in [2.24, 2.45) is 5.73 Å². The van der Waals surface area contributed by atoms with Gasteiger partial charge in [0.25, 0.3) is 0 Å². The summed E-state index contributed by atoms with van der Waals surface area (Å²) >= 11 is 0. The van der Waals surface area contributed by atoms with E-state index >= 15 is 0 Å². The first-order valence-electron chi connectivity index (χ1n) is 5.67. The topological polar surface area (TPSA) is 47.3 Å². The summed E-state index contributed by atoms with van der Waals surface area (Å²) in [6.45, 7) is 0. The van der Waals surface area contributed by atoms with Crippen molar-refractivity contribution in [3.8, 4) is 5.75 Å². The number of ether oxygens (including phenoxy) is 1. The van der Waals surface area contributed by atoms with E-state index < -0.39 is 11.6 Å². The fraction of sp³-hybridized carbons (Fsp3) is 0.500. The van der Waals surface area contributed by atoms with E-state index in [9.17, 15) is 8.78 Å². The predicted molar refractivity (Wildman–Crippen MR) is 62.1 cm³/mol. The molecule has 3 N–H and O–H groups in total. The third-order valence-electron chi connectivity index (χ3n) is 3.15. The number of nitrogens with two attached hydrogens (primary N) is 1. The molecule has 0 bridgehead atoms. The minimum Gasteiger partial charge on any atom is -0.494 e. The number of anilines is 1. The molecule has 2 atom stereocenters. The van der Waals surface area contributed by atoms with Crippen molar-refractivity contribution >= 4 is 5.69 Å².